The van der Waals surface area contributed by atoms with E-state index in [1.165, 1.54) is 16.7 Å². The monoisotopic (exact) mass is 483 g/mol. The molecule has 0 amide bonds. The van der Waals surface area contributed by atoms with Crippen molar-refractivity contribution in [3.05, 3.63) is 91.7 Å². The molecule has 1 nitrogen and oxygen atoms in total. The van der Waals surface area contributed by atoms with Crippen LogP contribution in [-0.4, -0.2) is 16.1 Å². The van der Waals surface area contributed by atoms with E-state index in [9.17, 15) is 5.11 Å². The molecule has 1 atom stereocenters. The van der Waals surface area contributed by atoms with Gasteiger partial charge in [-0.1, -0.05) is 63.1 Å². The first kappa shape index (κ1) is 38.8. The number of aromatic hydroxyl groups is 1. The van der Waals surface area contributed by atoms with Crippen LogP contribution in [0.5, 0.6) is 5.75 Å². The fourth-order valence-electron chi connectivity index (χ4n) is 2.72. The Morgan fingerprint density at radius 1 is 0.828 bits per heavy atom. The fourth-order valence-corrected chi connectivity index (χ4v) is 2.72. The largest absolute Gasteiger partial charge is 3.00 e. The standard InChI is InChI=1S/C13H12O.C9H13.2CH3.2ClH.Si.Ti/c1-10-7-12(9-13(14)8-10)11-5-3-2-4-6-11;1-6-5-7(2)9(4)8(6)3;;;;;;/h2-9,14H,1H3;6H,1-4H3;2*1H3;2*1H;;/q;3*-1;;;;+3. The van der Waals surface area contributed by atoms with Gasteiger partial charge in [-0.15, -0.1) is 31.7 Å². The van der Waals surface area contributed by atoms with Crippen LogP contribution >= 0.6 is 24.8 Å². The van der Waals surface area contributed by atoms with E-state index in [0.717, 1.165) is 16.7 Å². The van der Waals surface area contributed by atoms with Crippen molar-refractivity contribution in [1.82, 2.24) is 0 Å². The van der Waals surface area contributed by atoms with Gasteiger partial charge in [0, 0.05) is 11.0 Å². The van der Waals surface area contributed by atoms with Crippen molar-refractivity contribution in [2.45, 2.75) is 34.6 Å². The van der Waals surface area contributed by atoms with Crippen LogP contribution in [0.15, 0.2) is 65.3 Å². The maximum atomic E-state index is 9.46. The van der Waals surface area contributed by atoms with E-state index >= 15 is 0 Å². The molecule has 0 heterocycles. The van der Waals surface area contributed by atoms with Crippen LogP contribution in [-0.2, 0) is 21.7 Å². The Morgan fingerprint density at radius 3 is 1.69 bits per heavy atom. The maximum absolute atomic E-state index is 9.46. The van der Waals surface area contributed by atoms with Gasteiger partial charge in [0.2, 0.25) is 0 Å². The molecule has 1 aliphatic carbocycles. The predicted molar refractivity (Wildman–Crippen MR) is 131 cm³/mol. The van der Waals surface area contributed by atoms with E-state index in [2.05, 4.69) is 39.8 Å². The van der Waals surface area contributed by atoms with Crippen molar-refractivity contribution < 1.29 is 26.8 Å². The summed E-state index contributed by atoms with van der Waals surface area (Å²) in [7, 11) is 0. The molecule has 0 saturated carbocycles. The summed E-state index contributed by atoms with van der Waals surface area (Å²) in [4.78, 5) is 0. The van der Waals surface area contributed by atoms with Crippen LogP contribution in [0, 0.1) is 33.8 Å². The number of aryl methyl sites for hydroxylation is 1. The van der Waals surface area contributed by atoms with Crippen LogP contribution in [0.1, 0.15) is 33.3 Å². The Kier molecular flexibility index (Phi) is 24.1. The normalized spacial score (nSPS) is 13.3. The minimum atomic E-state index is 0. The minimum Gasteiger partial charge on any atom is -0.508 e. The van der Waals surface area contributed by atoms with Crippen molar-refractivity contribution in [1.29, 1.82) is 0 Å². The zero-order valence-electron chi connectivity index (χ0n) is 18.5. The van der Waals surface area contributed by atoms with E-state index in [0.29, 0.717) is 11.7 Å². The van der Waals surface area contributed by atoms with Crippen molar-refractivity contribution in [3.63, 3.8) is 0 Å². The molecule has 2 aromatic rings. The van der Waals surface area contributed by atoms with Gasteiger partial charge >= 0.3 is 21.7 Å². The number of hydrogen-bond acceptors (Lipinski definition) is 1. The molecule has 2 aromatic carbocycles. The molecular weight excluding hydrogens is 451 g/mol. The van der Waals surface area contributed by atoms with Gasteiger partial charge in [-0.3, -0.25) is 6.08 Å². The van der Waals surface area contributed by atoms with E-state index in [4.69, 9.17) is 0 Å². The Morgan fingerprint density at radius 2 is 1.34 bits per heavy atom. The molecule has 5 heteroatoms. The molecule has 1 unspecified atom stereocenters. The molecule has 157 valence electrons. The van der Waals surface area contributed by atoms with Crippen LogP contribution in [0.3, 0.4) is 0 Å². The van der Waals surface area contributed by atoms with Crippen molar-refractivity contribution >= 4 is 35.8 Å². The fraction of sp³-hybridized carbons (Fsp3) is 0.250. The van der Waals surface area contributed by atoms with Gasteiger partial charge in [0.15, 0.2) is 0 Å². The van der Waals surface area contributed by atoms with Gasteiger partial charge in [-0.2, -0.15) is 11.1 Å². The van der Waals surface area contributed by atoms with Gasteiger partial charge in [0.1, 0.15) is 5.75 Å². The Bertz CT molecular complexity index is 738. The second-order valence-electron chi connectivity index (χ2n) is 6.22. The Hall–Kier alpha value is -0.769. The van der Waals surface area contributed by atoms with Crippen molar-refractivity contribution in [2.75, 3.05) is 0 Å². The molecule has 5 radical (unpaired) electrons. The third-order valence-electron chi connectivity index (χ3n) is 4.41. The molecular formula is C24H33Cl2OSiTi. The maximum Gasteiger partial charge on any atom is 3.00 e. The first-order valence-corrected chi connectivity index (χ1v) is 8.02. The van der Waals surface area contributed by atoms with E-state index in [-0.39, 0.29) is 72.4 Å². The first-order chi connectivity index (χ1) is 10.9. The summed E-state index contributed by atoms with van der Waals surface area (Å²) in [6, 6.07) is 15.6. The molecule has 29 heavy (non-hydrogen) atoms. The topological polar surface area (TPSA) is 20.2 Å². The molecule has 0 aliphatic heterocycles. The van der Waals surface area contributed by atoms with Crippen LogP contribution in [0.25, 0.3) is 11.1 Å². The summed E-state index contributed by atoms with van der Waals surface area (Å²) in [5.41, 5.74) is 7.51. The molecule has 1 aliphatic rings. The summed E-state index contributed by atoms with van der Waals surface area (Å²) in [5.74, 6) is 0.883. The average Bonchev–Trinajstić information content (AvgIpc) is 2.74. The van der Waals surface area contributed by atoms with Crippen LogP contribution in [0.2, 0.25) is 0 Å². The van der Waals surface area contributed by atoms with Crippen molar-refractivity contribution in [3.8, 4) is 16.9 Å². The number of allylic oxidation sites excluding steroid dienone is 4. The number of phenols is 1. The average molecular weight is 484 g/mol. The molecule has 0 fully saturated rings. The molecule has 3 rings (SSSR count). The van der Waals surface area contributed by atoms with Gasteiger partial charge in [-0.25, -0.2) is 5.57 Å². The smallest absolute Gasteiger partial charge is 0.508 e. The van der Waals surface area contributed by atoms with Crippen LogP contribution < -0.4 is 0 Å². The quantitative estimate of drug-likeness (QED) is 0.329. The molecule has 0 spiro atoms. The van der Waals surface area contributed by atoms with Gasteiger partial charge < -0.3 is 20.0 Å². The second kappa shape index (κ2) is 18.0. The zero-order valence-corrected chi connectivity index (χ0v) is 22.7. The summed E-state index contributed by atoms with van der Waals surface area (Å²) in [6.45, 7) is 10.6. The van der Waals surface area contributed by atoms with E-state index in [1.807, 2.05) is 37.3 Å². The van der Waals surface area contributed by atoms with Crippen molar-refractivity contribution in [2.24, 2.45) is 5.92 Å². The van der Waals surface area contributed by atoms with E-state index < -0.39 is 0 Å². The summed E-state index contributed by atoms with van der Waals surface area (Å²) in [5, 5.41) is 9.46. The number of phenolic OH excluding ortho intramolecular Hbond substituents is 1. The third-order valence-corrected chi connectivity index (χ3v) is 4.41. The number of halogens is 2. The summed E-state index contributed by atoms with van der Waals surface area (Å²) < 4.78 is 0. The van der Waals surface area contributed by atoms with Gasteiger partial charge in [0.25, 0.3) is 0 Å². The zero-order chi connectivity index (χ0) is 17.0. The summed E-state index contributed by atoms with van der Waals surface area (Å²) >= 11 is 0. The summed E-state index contributed by atoms with van der Waals surface area (Å²) in [6.07, 6.45) is 3.36. The number of benzene rings is 2. The predicted octanol–water partition coefficient (Wildman–Crippen LogP) is 7.45. The SMILES string of the molecule is CC1=[C-]C(C)C(C)=C1C.Cc1cc(O)cc(-c2ccccc2)c1.Cl.Cl.[CH3-].[CH3-].[Si].[Ti+3]. The first-order valence-electron chi connectivity index (χ1n) is 8.02. The molecule has 0 bridgehead atoms. The van der Waals surface area contributed by atoms with Crippen LogP contribution in [0.4, 0.5) is 0 Å². The minimum absolute atomic E-state index is 0. The second-order valence-corrected chi connectivity index (χ2v) is 6.22. The number of rotatable bonds is 1. The third kappa shape index (κ3) is 11.3. The molecule has 1 N–H and O–H groups in total. The Balaban J connectivity index is -0.000000116. The van der Waals surface area contributed by atoms with Gasteiger partial charge in [-0.05, 0) is 35.7 Å². The molecule has 0 aromatic heterocycles. The Labute approximate surface area is 210 Å². The molecule has 0 saturated heterocycles. The van der Waals surface area contributed by atoms with Gasteiger partial charge in [0.05, 0.1) is 0 Å². The number of hydrogen-bond donors (Lipinski definition) is 1. The van der Waals surface area contributed by atoms with E-state index in [1.54, 1.807) is 12.1 Å².